The van der Waals surface area contributed by atoms with Crippen molar-refractivity contribution in [3.05, 3.63) is 40.8 Å². The van der Waals surface area contributed by atoms with Gasteiger partial charge in [0, 0.05) is 31.7 Å². The highest BCUT2D eigenvalue weighted by Gasteiger charge is 2.42. The van der Waals surface area contributed by atoms with Crippen molar-refractivity contribution in [2.45, 2.75) is 63.4 Å². The van der Waals surface area contributed by atoms with E-state index in [9.17, 15) is 27.2 Å². The minimum absolute atomic E-state index is 0.0692. The molecule has 0 unspecified atom stereocenters. The lowest BCUT2D eigenvalue weighted by Crippen LogP contribution is -2.52. The molecule has 0 spiro atoms. The quantitative estimate of drug-likeness (QED) is 0.470. The Morgan fingerprint density at radius 3 is 2.48 bits per heavy atom. The number of carbonyl (C=O) groups is 2. The monoisotopic (exact) mass is 591 g/mol. The van der Waals surface area contributed by atoms with Gasteiger partial charge in [-0.2, -0.15) is 13.2 Å². The number of aromatic nitrogens is 2. The number of halogens is 5. The summed E-state index contributed by atoms with van der Waals surface area (Å²) in [4.78, 5) is 28.2. The molecule has 2 aliphatic rings. The minimum atomic E-state index is -4.28. The van der Waals surface area contributed by atoms with Gasteiger partial charge in [0.05, 0.1) is 17.5 Å². The van der Waals surface area contributed by atoms with Crippen molar-refractivity contribution in [2.75, 3.05) is 32.8 Å². The van der Waals surface area contributed by atoms with Crippen molar-refractivity contribution in [3.63, 3.8) is 0 Å². The SMILES string of the molecule is CC(C)(C)OC(=O)N1C[C@@H](NC(=O)COc2ccc(Cl)c(F)c2)CC[C@@H]1c1nnc(C2CN(CC(F)(F)F)C2)o1. The summed E-state index contributed by atoms with van der Waals surface area (Å²) in [7, 11) is 0. The molecule has 1 aromatic carbocycles. The first-order valence-electron chi connectivity index (χ1n) is 12.7. The van der Waals surface area contributed by atoms with Gasteiger partial charge in [-0.3, -0.25) is 14.6 Å². The van der Waals surface area contributed by atoms with Crippen molar-refractivity contribution in [2.24, 2.45) is 0 Å². The number of benzene rings is 1. The Bertz CT molecular complexity index is 1210. The van der Waals surface area contributed by atoms with Crippen LogP contribution in [0.5, 0.6) is 5.75 Å². The van der Waals surface area contributed by atoms with E-state index in [2.05, 4.69) is 15.5 Å². The van der Waals surface area contributed by atoms with Gasteiger partial charge in [0.1, 0.15) is 23.2 Å². The predicted molar refractivity (Wildman–Crippen MR) is 133 cm³/mol. The van der Waals surface area contributed by atoms with Crippen molar-refractivity contribution in [3.8, 4) is 5.75 Å². The molecule has 0 bridgehead atoms. The molecular weight excluding hydrogens is 562 g/mol. The molecule has 4 rings (SSSR count). The third-order valence-electron chi connectivity index (χ3n) is 6.29. The van der Waals surface area contributed by atoms with Gasteiger partial charge < -0.3 is 19.2 Å². The van der Waals surface area contributed by atoms with Crippen LogP contribution in [0, 0.1) is 5.82 Å². The summed E-state index contributed by atoms with van der Waals surface area (Å²) in [5, 5.41) is 10.8. The number of likely N-dealkylation sites (tertiary alicyclic amines) is 2. The number of rotatable bonds is 7. The lowest BCUT2D eigenvalue weighted by atomic mass is 9.98. The van der Waals surface area contributed by atoms with Crippen molar-refractivity contribution < 1.29 is 41.0 Å². The molecule has 0 aliphatic carbocycles. The molecule has 15 heteroatoms. The molecule has 2 saturated heterocycles. The average Bonchev–Trinajstić information content (AvgIpc) is 3.29. The van der Waals surface area contributed by atoms with Gasteiger partial charge in [0.15, 0.2) is 6.61 Å². The summed E-state index contributed by atoms with van der Waals surface area (Å²) in [6.07, 6.45) is -4.14. The average molecular weight is 592 g/mol. The lowest BCUT2D eigenvalue weighted by Gasteiger charge is -2.39. The van der Waals surface area contributed by atoms with E-state index in [4.69, 9.17) is 25.5 Å². The summed E-state index contributed by atoms with van der Waals surface area (Å²) in [6, 6.07) is 2.72. The highest BCUT2D eigenvalue weighted by Crippen LogP contribution is 2.35. The standard InChI is InChI=1S/C25H30ClF4N5O5/c1-24(2,3)40-23(37)35-11-15(31-20(36)12-38-16-5-6-17(26)18(27)8-16)4-7-19(35)22-33-32-21(39-22)14-9-34(10-14)13-25(28,29)30/h5-6,8,14-15,19H,4,7,9-13H2,1-3H3,(H,31,36)/t15-,19+/m0/s1. The van der Waals surface area contributed by atoms with Gasteiger partial charge in [0.2, 0.25) is 11.8 Å². The number of hydrogen-bond donors (Lipinski definition) is 1. The number of carbonyl (C=O) groups excluding carboxylic acids is 2. The molecule has 1 N–H and O–H groups in total. The summed E-state index contributed by atoms with van der Waals surface area (Å²) in [5.41, 5.74) is -0.798. The summed E-state index contributed by atoms with van der Waals surface area (Å²) >= 11 is 5.65. The van der Waals surface area contributed by atoms with Gasteiger partial charge in [-0.1, -0.05) is 11.6 Å². The highest BCUT2D eigenvalue weighted by molar-refractivity contribution is 6.30. The molecule has 10 nitrogen and oxygen atoms in total. The molecule has 220 valence electrons. The maximum Gasteiger partial charge on any atom is 0.411 e. The predicted octanol–water partition coefficient (Wildman–Crippen LogP) is 4.46. The van der Waals surface area contributed by atoms with Crippen LogP contribution in [-0.4, -0.2) is 82.6 Å². The number of alkyl halides is 3. The first-order valence-corrected chi connectivity index (χ1v) is 13.0. The van der Waals surface area contributed by atoms with Crippen LogP contribution in [0.1, 0.15) is 57.4 Å². The number of ether oxygens (including phenoxy) is 2. The highest BCUT2D eigenvalue weighted by atomic mass is 35.5. The topological polar surface area (TPSA) is 110 Å². The normalized spacial score (nSPS) is 20.6. The number of piperidine rings is 1. The Hall–Kier alpha value is -3.13. The van der Waals surface area contributed by atoms with Gasteiger partial charge in [0.25, 0.3) is 5.91 Å². The fraction of sp³-hybridized carbons (Fsp3) is 0.600. The summed E-state index contributed by atoms with van der Waals surface area (Å²) in [6.45, 7) is 4.11. The van der Waals surface area contributed by atoms with Gasteiger partial charge >= 0.3 is 12.3 Å². The largest absolute Gasteiger partial charge is 0.484 e. The second kappa shape index (κ2) is 11.8. The van der Waals surface area contributed by atoms with Crippen LogP contribution in [0.4, 0.5) is 22.4 Å². The smallest absolute Gasteiger partial charge is 0.411 e. The molecule has 2 atom stereocenters. The van der Waals surface area contributed by atoms with Gasteiger partial charge in [-0.25, -0.2) is 9.18 Å². The molecule has 1 aromatic heterocycles. The van der Waals surface area contributed by atoms with Crippen molar-refractivity contribution in [1.82, 2.24) is 25.3 Å². The molecule has 0 radical (unpaired) electrons. The van der Waals surface area contributed by atoms with E-state index in [0.29, 0.717) is 12.8 Å². The Morgan fingerprint density at radius 2 is 1.82 bits per heavy atom. The summed E-state index contributed by atoms with van der Waals surface area (Å²) < 4.78 is 68.1. The maximum absolute atomic E-state index is 13.6. The van der Waals surface area contributed by atoms with E-state index in [0.717, 1.165) is 6.07 Å². The molecule has 2 amide bonds. The molecule has 2 fully saturated rings. The van der Waals surface area contributed by atoms with E-state index >= 15 is 0 Å². The van der Waals surface area contributed by atoms with Crippen molar-refractivity contribution >= 4 is 23.6 Å². The van der Waals surface area contributed by atoms with Gasteiger partial charge in [-0.15, -0.1) is 10.2 Å². The van der Waals surface area contributed by atoms with Crippen LogP contribution in [0.3, 0.4) is 0 Å². The number of hydrogen-bond acceptors (Lipinski definition) is 8. The molecular formula is C25H30ClF4N5O5. The summed E-state index contributed by atoms with van der Waals surface area (Å²) in [5.74, 6) is -0.987. The van der Waals surface area contributed by atoms with Gasteiger partial charge in [-0.05, 0) is 45.7 Å². The van der Waals surface area contributed by atoms with Crippen LogP contribution >= 0.6 is 11.6 Å². The minimum Gasteiger partial charge on any atom is -0.484 e. The fourth-order valence-electron chi connectivity index (χ4n) is 4.51. The molecule has 2 aliphatic heterocycles. The number of nitrogens with zero attached hydrogens (tertiary/aromatic N) is 4. The fourth-order valence-corrected chi connectivity index (χ4v) is 4.63. The van der Waals surface area contributed by atoms with E-state index in [1.54, 1.807) is 20.8 Å². The molecule has 2 aromatic rings. The van der Waals surface area contributed by atoms with Crippen LogP contribution < -0.4 is 10.1 Å². The third-order valence-corrected chi connectivity index (χ3v) is 6.59. The van der Waals surface area contributed by atoms with E-state index in [1.165, 1.54) is 21.9 Å². The Kier molecular flexibility index (Phi) is 8.78. The number of amides is 2. The number of nitrogens with one attached hydrogen (secondary N) is 1. The lowest BCUT2D eigenvalue weighted by molar-refractivity contribution is -0.155. The molecule has 3 heterocycles. The van der Waals surface area contributed by atoms with E-state index < -0.39 is 48.2 Å². The molecule has 40 heavy (non-hydrogen) atoms. The first-order chi connectivity index (χ1) is 18.7. The van der Waals surface area contributed by atoms with Crippen LogP contribution in [0.15, 0.2) is 22.6 Å². The zero-order valence-electron chi connectivity index (χ0n) is 22.1. The second-order valence-electron chi connectivity index (χ2n) is 10.8. The molecule has 0 saturated carbocycles. The Balaban J connectivity index is 1.38. The Labute approximate surface area is 232 Å². The van der Waals surface area contributed by atoms with Crippen LogP contribution in [0.25, 0.3) is 0 Å². The van der Waals surface area contributed by atoms with Crippen LogP contribution in [0.2, 0.25) is 5.02 Å². The van der Waals surface area contributed by atoms with Crippen LogP contribution in [-0.2, 0) is 9.53 Å². The Morgan fingerprint density at radius 1 is 1.12 bits per heavy atom. The zero-order chi connectivity index (χ0) is 29.2. The van der Waals surface area contributed by atoms with Crippen molar-refractivity contribution in [1.29, 1.82) is 0 Å². The second-order valence-corrected chi connectivity index (χ2v) is 11.2. The first kappa shape index (κ1) is 29.8. The maximum atomic E-state index is 13.6. The van der Waals surface area contributed by atoms with E-state index in [-0.39, 0.29) is 54.7 Å². The zero-order valence-corrected chi connectivity index (χ0v) is 22.9. The van der Waals surface area contributed by atoms with E-state index in [1.807, 2.05) is 0 Å². The third kappa shape index (κ3) is 7.96.